The molecule has 0 aliphatic carbocycles. The zero-order valence-electron chi connectivity index (χ0n) is 18.0. The maximum absolute atomic E-state index is 13.2. The van der Waals surface area contributed by atoms with Gasteiger partial charge in [0.15, 0.2) is 18.2 Å². The summed E-state index contributed by atoms with van der Waals surface area (Å²) in [6.45, 7) is 3.41. The third kappa shape index (κ3) is 7.99. The van der Waals surface area contributed by atoms with Crippen molar-refractivity contribution >= 4 is 27.6 Å². The highest BCUT2D eigenvalue weighted by Crippen LogP contribution is 2.29. The van der Waals surface area contributed by atoms with Crippen LogP contribution in [0.1, 0.15) is 20.3 Å². The molecule has 2 N–H and O–H groups in total. The van der Waals surface area contributed by atoms with Crippen LogP contribution in [0.4, 0.5) is 14.5 Å². The Morgan fingerprint density at radius 2 is 1.70 bits per heavy atom. The van der Waals surface area contributed by atoms with E-state index < -0.39 is 45.0 Å². The zero-order valence-corrected chi connectivity index (χ0v) is 18.8. The quantitative estimate of drug-likeness (QED) is 0.443. The Morgan fingerprint density at radius 3 is 2.36 bits per heavy atom. The van der Waals surface area contributed by atoms with E-state index in [-0.39, 0.29) is 13.0 Å². The summed E-state index contributed by atoms with van der Waals surface area (Å²) >= 11 is 0. The first kappa shape index (κ1) is 26.0. The van der Waals surface area contributed by atoms with Crippen molar-refractivity contribution in [1.82, 2.24) is 4.72 Å². The van der Waals surface area contributed by atoms with Crippen LogP contribution in [-0.4, -0.2) is 46.7 Å². The predicted octanol–water partition coefficient (Wildman–Crippen LogP) is 2.61. The van der Waals surface area contributed by atoms with Gasteiger partial charge in [-0.15, -0.1) is 0 Å². The molecule has 1 amide bonds. The number of hydrogen-bond acceptors (Lipinski definition) is 7. The highest BCUT2D eigenvalue weighted by molar-refractivity contribution is 7.89. The highest BCUT2D eigenvalue weighted by atomic mass is 32.2. The Morgan fingerprint density at radius 1 is 0.970 bits per heavy atom. The van der Waals surface area contributed by atoms with Gasteiger partial charge in [0.1, 0.15) is 11.5 Å². The van der Waals surface area contributed by atoms with Crippen molar-refractivity contribution in [3.05, 3.63) is 48.0 Å². The summed E-state index contributed by atoms with van der Waals surface area (Å²) in [7, 11) is -4.16. The third-order valence-electron chi connectivity index (χ3n) is 4.02. The number of amides is 1. The normalized spacial score (nSPS) is 11.0. The standard InChI is InChI=1S/C21H24F2N2O7S/c1-3-30-14-5-8-19(31-4-2)18(11-14)25-20(26)13-32-21(27)9-10-24-33(28,29)15-6-7-16(22)17(23)12-15/h5-8,11-12,24H,3-4,9-10,13H2,1-2H3,(H,25,26). The van der Waals surface area contributed by atoms with Crippen molar-refractivity contribution in [2.24, 2.45) is 0 Å². The minimum Gasteiger partial charge on any atom is -0.494 e. The Bertz CT molecular complexity index is 1090. The second-order valence-electron chi connectivity index (χ2n) is 6.46. The first-order chi connectivity index (χ1) is 15.7. The van der Waals surface area contributed by atoms with Crippen LogP contribution < -0.4 is 19.5 Å². The molecule has 33 heavy (non-hydrogen) atoms. The van der Waals surface area contributed by atoms with Crippen LogP contribution in [-0.2, 0) is 24.3 Å². The fourth-order valence-electron chi connectivity index (χ4n) is 2.56. The van der Waals surface area contributed by atoms with Gasteiger partial charge in [0.2, 0.25) is 10.0 Å². The molecule has 0 radical (unpaired) electrons. The second kappa shape index (κ2) is 12.1. The highest BCUT2D eigenvalue weighted by Gasteiger charge is 2.17. The van der Waals surface area contributed by atoms with Gasteiger partial charge >= 0.3 is 5.97 Å². The van der Waals surface area contributed by atoms with Crippen molar-refractivity contribution in [2.45, 2.75) is 25.2 Å². The van der Waals surface area contributed by atoms with Gasteiger partial charge in [-0.25, -0.2) is 21.9 Å². The number of carbonyl (C=O) groups is 2. The van der Waals surface area contributed by atoms with Crippen LogP contribution in [0.3, 0.4) is 0 Å². The van der Waals surface area contributed by atoms with Gasteiger partial charge in [0.05, 0.1) is 30.2 Å². The van der Waals surface area contributed by atoms with E-state index in [0.29, 0.717) is 42.5 Å². The molecule has 0 saturated heterocycles. The number of nitrogens with one attached hydrogen (secondary N) is 2. The molecule has 9 nitrogen and oxygen atoms in total. The summed E-state index contributed by atoms with van der Waals surface area (Å²) < 4.78 is 68.1. The molecular weight excluding hydrogens is 462 g/mol. The van der Waals surface area contributed by atoms with E-state index >= 15 is 0 Å². The Labute approximate surface area is 190 Å². The molecule has 0 aromatic heterocycles. The Hall–Kier alpha value is -3.25. The molecule has 180 valence electrons. The topological polar surface area (TPSA) is 120 Å². The minimum atomic E-state index is -4.16. The lowest BCUT2D eigenvalue weighted by molar-refractivity contribution is -0.147. The summed E-state index contributed by atoms with van der Waals surface area (Å²) in [5, 5.41) is 2.56. The van der Waals surface area contributed by atoms with Crippen molar-refractivity contribution in [3.63, 3.8) is 0 Å². The van der Waals surface area contributed by atoms with Gasteiger partial charge in [0.25, 0.3) is 5.91 Å². The molecule has 2 aromatic rings. The monoisotopic (exact) mass is 486 g/mol. The van der Waals surface area contributed by atoms with Crippen molar-refractivity contribution in [3.8, 4) is 11.5 Å². The molecule has 0 unspecified atom stereocenters. The number of ether oxygens (including phenoxy) is 3. The van der Waals surface area contributed by atoms with E-state index in [1.165, 1.54) is 0 Å². The maximum atomic E-state index is 13.2. The lowest BCUT2D eigenvalue weighted by Crippen LogP contribution is -2.28. The van der Waals surface area contributed by atoms with E-state index in [1.807, 2.05) is 6.92 Å². The van der Waals surface area contributed by atoms with Crippen LogP contribution in [0, 0.1) is 11.6 Å². The molecule has 12 heteroatoms. The summed E-state index contributed by atoms with van der Waals surface area (Å²) in [6.07, 6.45) is -0.389. The molecule has 0 saturated carbocycles. The van der Waals surface area contributed by atoms with E-state index in [0.717, 1.165) is 6.07 Å². The van der Waals surface area contributed by atoms with Gasteiger partial charge in [-0.05, 0) is 44.2 Å². The average Bonchev–Trinajstić information content (AvgIpc) is 2.76. The number of hydrogen-bond donors (Lipinski definition) is 2. The van der Waals surface area contributed by atoms with Crippen molar-refractivity contribution in [1.29, 1.82) is 0 Å². The number of halogens is 2. The summed E-state index contributed by atoms with van der Waals surface area (Å²) in [5.41, 5.74) is 0.336. The molecule has 0 aliphatic rings. The lowest BCUT2D eigenvalue weighted by atomic mass is 10.2. The number of benzene rings is 2. The number of sulfonamides is 1. The van der Waals surface area contributed by atoms with Gasteiger partial charge in [0, 0.05) is 12.6 Å². The van der Waals surface area contributed by atoms with Crippen LogP contribution in [0.2, 0.25) is 0 Å². The number of anilines is 1. The average molecular weight is 486 g/mol. The molecule has 0 fully saturated rings. The SMILES string of the molecule is CCOc1ccc(OCC)c(NC(=O)COC(=O)CCNS(=O)(=O)c2ccc(F)c(F)c2)c1. The minimum absolute atomic E-state index is 0.336. The molecule has 0 bridgehead atoms. The third-order valence-corrected chi connectivity index (χ3v) is 5.48. The van der Waals surface area contributed by atoms with Crippen LogP contribution in [0.25, 0.3) is 0 Å². The Balaban J connectivity index is 1.84. The van der Waals surface area contributed by atoms with Gasteiger partial charge in [-0.2, -0.15) is 0 Å². The number of esters is 1. The van der Waals surface area contributed by atoms with Gasteiger partial charge in [-0.3, -0.25) is 9.59 Å². The van der Waals surface area contributed by atoms with E-state index in [1.54, 1.807) is 25.1 Å². The Kier molecular flexibility index (Phi) is 9.55. The lowest BCUT2D eigenvalue weighted by Gasteiger charge is -2.13. The van der Waals surface area contributed by atoms with Crippen LogP contribution in [0.5, 0.6) is 11.5 Å². The van der Waals surface area contributed by atoms with E-state index in [9.17, 15) is 26.8 Å². The molecule has 2 aromatic carbocycles. The molecular formula is C21H24F2N2O7S. The van der Waals surface area contributed by atoms with Crippen LogP contribution >= 0.6 is 0 Å². The summed E-state index contributed by atoms with van der Waals surface area (Å²) in [4.78, 5) is 23.5. The smallest absolute Gasteiger partial charge is 0.307 e. The molecule has 0 heterocycles. The van der Waals surface area contributed by atoms with Gasteiger partial charge in [-0.1, -0.05) is 0 Å². The second-order valence-corrected chi connectivity index (χ2v) is 8.22. The summed E-state index contributed by atoms with van der Waals surface area (Å²) in [5.74, 6) is -3.06. The van der Waals surface area contributed by atoms with Gasteiger partial charge < -0.3 is 19.5 Å². The largest absolute Gasteiger partial charge is 0.494 e. The van der Waals surface area contributed by atoms with Crippen LogP contribution in [0.15, 0.2) is 41.3 Å². The van der Waals surface area contributed by atoms with E-state index in [2.05, 4.69) is 10.0 Å². The summed E-state index contributed by atoms with van der Waals surface area (Å²) in [6, 6.07) is 6.98. The first-order valence-corrected chi connectivity index (χ1v) is 11.4. The zero-order chi connectivity index (χ0) is 24.4. The number of rotatable bonds is 12. The first-order valence-electron chi connectivity index (χ1n) is 9.96. The molecule has 0 aliphatic heterocycles. The fraction of sp³-hybridized carbons (Fsp3) is 0.333. The molecule has 0 spiro atoms. The number of carbonyl (C=O) groups excluding carboxylic acids is 2. The molecule has 0 atom stereocenters. The fourth-order valence-corrected chi connectivity index (χ4v) is 3.61. The molecule has 2 rings (SSSR count). The van der Waals surface area contributed by atoms with Crippen molar-refractivity contribution in [2.75, 3.05) is 31.7 Å². The predicted molar refractivity (Wildman–Crippen MR) is 115 cm³/mol. The maximum Gasteiger partial charge on any atom is 0.307 e. The van der Waals surface area contributed by atoms with Crippen molar-refractivity contribution < 1.29 is 41.0 Å². The van der Waals surface area contributed by atoms with E-state index in [4.69, 9.17) is 14.2 Å².